The number of methoxy groups -OCH3 is 1. The highest BCUT2D eigenvalue weighted by Gasteiger charge is 2.07. The Labute approximate surface area is 124 Å². The molecule has 0 bridgehead atoms. The van der Waals surface area contributed by atoms with E-state index in [4.69, 9.17) is 22.1 Å². The Morgan fingerprint density at radius 2 is 1.80 bits per heavy atom. The predicted octanol–water partition coefficient (Wildman–Crippen LogP) is 3.56. The van der Waals surface area contributed by atoms with E-state index >= 15 is 0 Å². The third-order valence-corrected chi connectivity index (χ3v) is 3.56. The second-order valence-electron chi connectivity index (χ2n) is 4.83. The molecule has 0 saturated carbocycles. The van der Waals surface area contributed by atoms with Gasteiger partial charge in [0, 0.05) is 29.9 Å². The minimum atomic E-state index is 0.746. The first-order valence-corrected chi connectivity index (χ1v) is 6.82. The summed E-state index contributed by atoms with van der Waals surface area (Å²) in [5.74, 6) is 0.778. The van der Waals surface area contributed by atoms with Crippen LogP contribution in [0.25, 0.3) is 0 Å². The van der Waals surface area contributed by atoms with Crippen LogP contribution in [0.1, 0.15) is 11.1 Å². The van der Waals surface area contributed by atoms with Crippen LogP contribution in [0, 0.1) is 0 Å². The van der Waals surface area contributed by atoms with Crippen molar-refractivity contribution in [2.75, 3.05) is 19.9 Å². The Bertz CT molecular complexity index is 586. The fourth-order valence-corrected chi connectivity index (χ4v) is 2.30. The van der Waals surface area contributed by atoms with Crippen LogP contribution < -0.4 is 10.5 Å². The van der Waals surface area contributed by atoms with Crippen LogP contribution in [0.4, 0.5) is 5.69 Å². The van der Waals surface area contributed by atoms with Gasteiger partial charge in [0.1, 0.15) is 5.75 Å². The smallest absolute Gasteiger partial charge is 0.120 e. The molecule has 0 atom stereocenters. The third-order valence-electron chi connectivity index (χ3n) is 3.19. The molecule has 0 spiro atoms. The monoisotopic (exact) mass is 290 g/mol. The largest absolute Gasteiger partial charge is 0.497 e. The van der Waals surface area contributed by atoms with E-state index < -0.39 is 0 Å². The van der Waals surface area contributed by atoms with Gasteiger partial charge in [-0.1, -0.05) is 35.9 Å². The Balaban J connectivity index is 2.05. The number of nitrogens with two attached hydrogens (primary N) is 1. The molecule has 4 heteroatoms. The molecule has 0 aliphatic carbocycles. The minimum Gasteiger partial charge on any atom is -0.497 e. The first-order chi connectivity index (χ1) is 9.60. The van der Waals surface area contributed by atoms with Crippen molar-refractivity contribution in [2.24, 2.45) is 0 Å². The lowest BCUT2D eigenvalue weighted by Crippen LogP contribution is -2.18. The van der Waals surface area contributed by atoms with Crippen LogP contribution in [0.3, 0.4) is 0 Å². The van der Waals surface area contributed by atoms with Crippen LogP contribution in [0.2, 0.25) is 5.02 Å². The summed E-state index contributed by atoms with van der Waals surface area (Å²) in [6, 6.07) is 13.7. The molecular weight excluding hydrogens is 272 g/mol. The number of hydrogen-bond acceptors (Lipinski definition) is 3. The molecular formula is C16H19ClN2O. The molecule has 0 aliphatic rings. The maximum Gasteiger partial charge on any atom is 0.120 e. The Kier molecular flexibility index (Phi) is 4.88. The molecule has 0 aromatic heterocycles. The maximum atomic E-state index is 6.17. The summed E-state index contributed by atoms with van der Waals surface area (Å²) in [5.41, 5.74) is 8.98. The van der Waals surface area contributed by atoms with Crippen molar-refractivity contribution in [3.63, 3.8) is 0 Å². The van der Waals surface area contributed by atoms with Crippen molar-refractivity contribution < 1.29 is 4.74 Å². The van der Waals surface area contributed by atoms with E-state index in [1.165, 1.54) is 0 Å². The molecule has 2 aromatic carbocycles. The number of ether oxygens (including phenoxy) is 1. The number of benzene rings is 2. The second-order valence-corrected chi connectivity index (χ2v) is 5.24. The Hall–Kier alpha value is -1.71. The SMILES string of the molecule is COc1ccc(CN(C)Cc2ccccc2Cl)c(N)c1. The summed E-state index contributed by atoms with van der Waals surface area (Å²) < 4.78 is 5.16. The highest BCUT2D eigenvalue weighted by Crippen LogP contribution is 2.22. The number of nitrogens with zero attached hydrogens (tertiary/aromatic N) is 1. The van der Waals surface area contributed by atoms with Crippen molar-refractivity contribution in [3.05, 3.63) is 58.6 Å². The van der Waals surface area contributed by atoms with E-state index in [-0.39, 0.29) is 0 Å². The highest BCUT2D eigenvalue weighted by molar-refractivity contribution is 6.31. The van der Waals surface area contributed by atoms with Crippen LogP contribution >= 0.6 is 11.6 Å². The summed E-state index contributed by atoms with van der Waals surface area (Å²) in [7, 11) is 3.69. The molecule has 0 radical (unpaired) electrons. The topological polar surface area (TPSA) is 38.5 Å². The summed E-state index contributed by atoms with van der Waals surface area (Å²) in [5, 5.41) is 0.794. The van der Waals surface area contributed by atoms with Gasteiger partial charge in [0.25, 0.3) is 0 Å². The average Bonchev–Trinajstić information content (AvgIpc) is 2.43. The quantitative estimate of drug-likeness (QED) is 0.856. The number of anilines is 1. The fourth-order valence-electron chi connectivity index (χ4n) is 2.11. The molecule has 2 N–H and O–H groups in total. The van der Waals surface area contributed by atoms with Gasteiger partial charge in [0.15, 0.2) is 0 Å². The number of nitrogen functional groups attached to an aromatic ring is 1. The molecule has 0 unspecified atom stereocenters. The molecule has 2 rings (SSSR count). The van der Waals surface area contributed by atoms with Crippen molar-refractivity contribution >= 4 is 17.3 Å². The number of hydrogen-bond donors (Lipinski definition) is 1. The molecule has 0 amide bonds. The zero-order valence-electron chi connectivity index (χ0n) is 11.8. The van der Waals surface area contributed by atoms with Gasteiger partial charge >= 0.3 is 0 Å². The summed E-state index contributed by atoms with van der Waals surface area (Å²) in [4.78, 5) is 2.18. The van der Waals surface area contributed by atoms with Crippen LogP contribution in [-0.4, -0.2) is 19.1 Å². The molecule has 0 saturated heterocycles. The summed E-state index contributed by atoms with van der Waals surface area (Å²) in [6.45, 7) is 1.55. The summed E-state index contributed by atoms with van der Waals surface area (Å²) in [6.07, 6.45) is 0. The van der Waals surface area contributed by atoms with Gasteiger partial charge in [0.2, 0.25) is 0 Å². The molecule has 20 heavy (non-hydrogen) atoms. The molecule has 3 nitrogen and oxygen atoms in total. The number of rotatable bonds is 5. The van der Waals surface area contributed by atoms with E-state index in [0.29, 0.717) is 0 Å². The van der Waals surface area contributed by atoms with E-state index in [1.54, 1.807) is 7.11 Å². The molecule has 0 aliphatic heterocycles. The van der Waals surface area contributed by atoms with Gasteiger partial charge in [-0.2, -0.15) is 0 Å². The predicted molar refractivity (Wildman–Crippen MR) is 84.0 cm³/mol. The van der Waals surface area contributed by atoms with Crippen LogP contribution in [0.5, 0.6) is 5.75 Å². The number of halogens is 1. The first kappa shape index (κ1) is 14.7. The average molecular weight is 291 g/mol. The molecule has 2 aromatic rings. The Morgan fingerprint density at radius 3 is 2.45 bits per heavy atom. The van der Waals surface area contributed by atoms with Crippen LogP contribution in [-0.2, 0) is 13.1 Å². The van der Waals surface area contributed by atoms with Gasteiger partial charge in [-0.15, -0.1) is 0 Å². The van der Waals surface area contributed by atoms with Crippen molar-refractivity contribution in [3.8, 4) is 5.75 Å². The van der Waals surface area contributed by atoms with Gasteiger partial charge in [0.05, 0.1) is 7.11 Å². The Morgan fingerprint density at radius 1 is 1.10 bits per heavy atom. The lowest BCUT2D eigenvalue weighted by Gasteiger charge is -2.19. The maximum absolute atomic E-state index is 6.17. The lowest BCUT2D eigenvalue weighted by molar-refractivity contribution is 0.319. The van der Waals surface area contributed by atoms with Crippen LogP contribution in [0.15, 0.2) is 42.5 Å². The molecule has 0 heterocycles. The van der Waals surface area contributed by atoms with E-state index in [2.05, 4.69) is 4.90 Å². The molecule has 106 valence electrons. The standard InChI is InChI=1S/C16H19ClN2O/c1-19(10-12-5-3-4-6-15(12)17)11-13-7-8-14(20-2)9-16(13)18/h3-9H,10-11,18H2,1-2H3. The van der Waals surface area contributed by atoms with E-state index in [9.17, 15) is 0 Å². The lowest BCUT2D eigenvalue weighted by atomic mass is 10.1. The van der Waals surface area contributed by atoms with Crippen molar-refractivity contribution in [1.29, 1.82) is 0 Å². The zero-order chi connectivity index (χ0) is 14.5. The van der Waals surface area contributed by atoms with Gasteiger partial charge < -0.3 is 10.5 Å². The van der Waals surface area contributed by atoms with E-state index in [0.717, 1.165) is 40.7 Å². The van der Waals surface area contributed by atoms with Gasteiger partial charge in [-0.25, -0.2) is 0 Å². The zero-order valence-corrected chi connectivity index (χ0v) is 12.5. The third kappa shape index (κ3) is 3.65. The normalized spacial score (nSPS) is 10.8. The fraction of sp³-hybridized carbons (Fsp3) is 0.250. The highest BCUT2D eigenvalue weighted by atomic mass is 35.5. The van der Waals surface area contributed by atoms with Crippen molar-refractivity contribution in [1.82, 2.24) is 4.90 Å². The minimum absolute atomic E-state index is 0.746. The summed E-state index contributed by atoms with van der Waals surface area (Å²) >= 11 is 6.17. The van der Waals surface area contributed by atoms with E-state index in [1.807, 2.05) is 49.5 Å². The van der Waals surface area contributed by atoms with Gasteiger partial charge in [-0.05, 0) is 30.3 Å². The molecule has 0 fully saturated rings. The van der Waals surface area contributed by atoms with Gasteiger partial charge in [-0.3, -0.25) is 4.90 Å². The van der Waals surface area contributed by atoms with Crippen molar-refractivity contribution in [2.45, 2.75) is 13.1 Å². The second kappa shape index (κ2) is 6.64. The first-order valence-electron chi connectivity index (χ1n) is 6.44.